The van der Waals surface area contributed by atoms with Crippen LogP contribution in [0.3, 0.4) is 0 Å². The van der Waals surface area contributed by atoms with Gasteiger partial charge in [0.15, 0.2) is 0 Å². The molecular weight excluding hydrogens is 372 g/mol. The van der Waals surface area contributed by atoms with Crippen LogP contribution in [-0.2, 0) is 10.0 Å². The highest BCUT2D eigenvalue weighted by atomic mass is 32.2. The third-order valence-electron chi connectivity index (χ3n) is 4.11. The number of carbonyl (C=O) groups is 2. The van der Waals surface area contributed by atoms with E-state index in [-0.39, 0.29) is 16.4 Å². The zero-order valence-electron chi connectivity index (χ0n) is 14.2. The van der Waals surface area contributed by atoms with Crippen molar-refractivity contribution in [1.82, 2.24) is 15.0 Å². The molecule has 10 heteroatoms. The highest BCUT2D eigenvalue weighted by Gasteiger charge is 2.28. The van der Waals surface area contributed by atoms with Gasteiger partial charge < -0.3 is 15.3 Å². The maximum atomic E-state index is 12.1. The summed E-state index contributed by atoms with van der Waals surface area (Å²) in [5, 5.41) is 11.4. The fourth-order valence-electron chi connectivity index (χ4n) is 2.64. The minimum Gasteiger partial charge on any atom is -0.478 e. The fraction of sp³-hybridized carbons (Fsp3) is 0.235. The second-order valence-electron chi connectivity index (χ2n) is 6.11. The lowest BCUT2D eigenvalue weighted by molar-refractivity contribution is 0.0696. The number of pyridine rings is 1. The Morgan fingerprint density at radius 3 is 2.44 bits per heavy atom. The summed E-state index contributed by atoms with van der Waals surface area (Å²) in [4.78, 5) is 28.7. The van der Waals surface area contributed by atoms with Crippen LogP contribution in [0, 0.1) is 5.92 Å². The van der Waals surface area contributed by atoms with Gasteiger partial charge in [0.2, 0.25) is 0 Å². The van der Waals surface area contributed by atoms with Gasteiger partial charge in [-0.05, 0) is 24.3 Å². The third-order valence-corrected chi connectivity index (χ3v) is 5.45. The molecule has 0 unspecified atom stereocenters. The predicted molar refractivity (Wildman–Crippen MR) is 97.1 cm³/mol. The molecule has 1 fully saturated rings. The van der Waals surface area contributed by atoms with Crippen LogP contribution in [0.2, 0.25) is 0 Å². The van der Waals surface area contributed by atoms with Gasteiger partial charge in [-0.3, -0.25) is 0 Å². The van der Waals surface area contributed by atoms with E-state index in [1.807, 2.05) is 9.62 Å². The number of hydrogen-bond acceptors (Lipinski definition) is 6. The van der Waals surface area contributed by atoms with Gasteiger partial charge in [0.1, 0.15) is 5.82 Å². The number of rotatable bonds is 6. The molecule has 0 atom stereocenters. The third kappa shape index (κ3) is 4.53. The number of benzene rings is 1. The lowest BCUT2D eigenvalue weighted by Crippen LogP contribution is -2.53. The van der Waals surface area contributed by atoms with Crippen molar-refractivity contribution in [2.75, 3.05) is 24.5 Å². The van der Waals surface area contributed by atoms with E-state index >= 15 is 0 Å². The largest absolute Gasteiger partial charge is 0.478 e. The van der Waals surface area contributed by atoms with Crippen molar-refractivity contribution < 1.29 is 23.1 Å². The maximum Gasteiger partial charge on any atom is 0.337 e. The van der Waals surface area contributed by atoms with Crippen LogP contribution in [0.4, 0.5) is 10.6 Å². The summed E-state index contributed by atoms with van der Waals surface area (Å²) in [5.74, 6) is -0.223. The average Bonchev–Trinajstić information content (AvgIpc) is 2.61. The van der Waals surface area contributed by atoms with Crippen LogP contribution in [0.1, 0.15) is 10.4 Å². The van der Waals surface area contributed by atoms with Gasteiger partial charge in [0.05, 0.1) is 10.5 Å². The first-order valence-corrected chi connectivity index (χ1v) is 9.63. The van der Waals surface area contributed by atoms with Gasteiger partial charge in [-0.15, -0.1) is 0 Å². The van der Waals surface area contributed by atoms with E-state index in [1.165, 1.54) is 24.4 Å². The molecule has 27 heavy (non-hydrogen) atoms. The van der Waals surface area contributed by atoms with E-state index in [2.05, 4.69) is 10.3 Å². The highest BCUT2D eigenvalue weighted by molar-refractivity contribution is 7.90. The number of amides is 2. The molecule has 142 valence electrons. The lowest BCUT2D eigenvalue weighted by Gasteiger charge is -2.40. The Balaban J connectivity index is 1.44. The molecule has 2 amide bonds. The van der Waals surface area contributed by atoms with Crippen molar-refractivity contribution in [2.24, 2.45) is 5.92 Å². The van der Waals surface area contributed by atoms with Gasteiger partial charge >= 0.3 is 12.0 Å². The molecule has 1 saturated heterocycles. The molecule has 1 aromatic carbocycles. The Morgan fingerprint density at radius 1 is 1.15 bits per heavy atom. The Hall–Kier alpha value is -3.14. The molecule has 2 aromatic rings. The van der Waals surface area contributed by atoms with E-state index in [4.69, 9.17) is 5.11 Å². The molecule has 0 radical (unpaired) electrons. The summed E-state index contributed by atoms with van der Waals surface area (Å²) >= 11 is 0. The Kier molecular flexibility index (Phi) is 5.26. The van der Waals surface area contributed by atoms with Gasteiger partial charge in [0.25, 0.3) is 10.0 Å². The minimum atomic E-state index is -3.89. The number of nitrogens with zero attached hydrogens (tertiary/aromatic N) is 2. The summed E-state index contributed by atoms with van der Waals surface area (Å²) in [6, 6.07) is 9.99. The monoisotopic (exact) mass is 390 g/mol. The van der Waals surface area contributed by atoms with Crippen LogP contribution >= 0.6 is 0 Å². The zero-order valence-corrected chi connectivity index (χ0v) is 15.0. The van der Waals surface area contributed by atoms with Crippen molar-refractivity contribution in [3.8, 4) is 0 Å². The molecule has 3 N–H and O–H groups in total. The zero-order chi connectivity index (χ0) is 19.4. The Morgan fingerprint density at radius 2 is 1.85 bits per heavy atom. The molecule has 1 aromatic heterocycles. The highest BCUT2D eigenvalue weighted by Crippen LogP contribution is 2.22. The van der Waals surface area contributed by atoms with Crippen molar-refractivity contribution in [1.29, 1.82) is 0 Å². The number of anilines is 1. The number of hydrogen-bond donors (Lipinski definition) is 3. The number of carboxylic acid groups (broad SMARTS) is 1. The standard InChI is InChI=1S/C17H18N4O5S/c22-16(23)13-6-7-15(18-9-13)21-10-12(11-21)8-19-17(24)20-27(25,26)14-4-2-1-3-5-14/h1-7,9,12H,8,10-11H2,(H,22,23)(H2,19,20,24). The van der Waals surface area contributed by atoms with Crippen molar-refractivity contribution in [3.63, 3.8) is 0 Å². The molecule has 0 aliphatic carbocycles. The Labute approximate surface area is 156 Å². The average molecular weight is 390 g/mol. The summed E-state index contributed by atoms with van der Waals surface area (Å²) in [6.07, 6.45) is 1.30. The quantitative estimate of drug-likeness (QED) is 0.668. The SMILES string of the molecule is O=C(NCC1CN(c2ccc(C(=O)O)cn2)C1)NS(=O)(=O)c1ccccc1. The van der Waals surface area contributed by atoms with Crippen LogP contribution < -0.4 is 14.9 Å². The molecule has 3 rings (SSSR count). The van der Waals surface area contributed by atoms with E-state index < -0.39 is 22.0 Å². The van der Waals surface area contributed by atoms with Gasteiger partial charge in [-0.2, -0.15) is 0 Å². The van der Waals surface area contributed by atoms with Crippen LogP contribution in [-0.4, -0.2) is 50.1 Å². The Bertz CT molecular complexity index is 926. The van der Waals surface area contributed by atoms with Crippen molar-refractivity contribution in [3.05, 3.63) is 54.2 Å². The molecule has 0 spiro atoms. The van der Waals surface area contributed by atoms with Crippen molar-refractivity contribution in [2.45, 2.75) is 4.90 Å². The molecule has 0 saturated carbocycles. The molecule has 0 bridgehead atoms. The number of carbonyl (C=O) groups excluding carboxylic acids is 1. The molecule has 1 aliphatic heterocycles. The molecular formula is C17H18N4O5S. The summed E-state index contributed by atoms with van der Waals surface area (Å²) in [5.41, 5.74) is 0.119. The number of sulfonamides is 1. The summed E-state index contributed by atoms with van der Waals surface area (Å²) < 4.78 is 26.1. The first-order valence-electron chi connectivity index (χ1n) is 8.15. The molecule has 9 nitrogen and oxygen atoms in total. The van der Waals surface area contributed by atoms with E-state index in [0.29, 0.717) is 25.5 Å². The normalized spacial score (nSPS) is 14.3. The number of urea groups is 1. The van der Waals surface area contributed by atoms with Gasteiger partial charge in [0, 0.05) is 31.7 Å². The number of nitrogens with one attached hydrogen (secondary N) is 2. The predicted octanol–water partition coefficient (Wildman–Crippen LogP) is 0.904. The summed E-state index contributed by atoms with van der Waals surface area (Å²) in [6.45, 7) is 1.58. The lowest BCUT2D eigenvalue weighted by atomic mass is 10.0. The first-order chi connectivity index (χ1) is 12.8. The van der Waals surface area contributed by atoms with E-state index in [1.54, 1.807) is 24.3 Å². The van der Waals surface area contributed by atoms with E-state index in [0.717, 1.165) is 0 Å². The van der Waals surface area contributed by atoms with Gasteiger partial charge in [-0.1, -0.05) is 18.2 Å². The minimum absolute atomic E-state index is 0.0193. The molecule has 1 aliphatic rings. The van der Waals surface area contributed by atoms with Crippen LogP contribution in [0.5, 0.6) is 0 Å². The number of aromatic carboxylic acids is 1. The number of carboxylic acids is 1. The second-order valence-corrected chi connectivity index (χ2v) is 7.79. The fourth-order valence-corrected chi connectivity index (χ4v) is 3.59. The topological polar surface area (TPSA) is 129 Å². The van der Waals surface area contributed by atoms with Crippen molar-refractivity contribution >= 4 is 27.8 Å². The first kappa shape index (κ1) is 18.6. The van der Waals surface area contributed by atoms with Crippen LogP contribution in [0.25, 0.3) is 0 Å². The summed E-state index contributed by atoms with van der Waals surface area (Å²) in [7, 11) is -3.89. The van der Waals surface area contributed by atoms with Gasteiger partial charge in [-0.25, -0.2) is 27.7 Å². The second kappa shape index (κ2) is 7.62. The number of aromatic nitrogens is 1. The maximum absolute atomic E-state index is 12.1. The van der Waals surface area contributed by atoms with Crippen LogP contribution in [0.15, 0.2) is 53.6 Å². The molecule has 2 heterocycles. The van der Waals surface area contributed by atoms with E-state index in [9.17, 15) is 18.0 Å². The smallest absolute Gasteiger partial charge is 0.337 e.